The zero-order valence-corrected chi connectivity index (χ0v) is 33.5. The van der Waals surface area contributed by atoms with Crippen LogP contribution in [-0.2, 0) is 0 Å². The highest BCUT2D eigenvalue weighted by atomic mass is 16.3. The van der Waals surface area contributed by atoms with E-state index in [0.29, 0.717) is 17.5 Å². The number of benzene rings is 9. The maximum Gasteiger partial charge on any atom is 0.164 e. The fourth-order valence-corrected chi connectivity index (χ4v) is 8.83. The van der Waals surface area contributed by atoms with Gasteiger partial charge in [0.2, 0.25) is 0 Å². The molecule has 0 fully saturated rings. The zero-order valence-electron chi connectivity index (χ0n) is 33.5. The van der Waals surface area contributed by atoms with E-state index in [1.807, 2.05) is 48.5 Å². The summed E-state index contributed by atoms with van der Waals surface area (Å²) in [6.45, 7) is 0. The third kappa shape index (κ3) is 6.14. The molecule has 0 bridgehead atoms. The first-order valence-corrected chi connectivity index (χ1v) is 20.8. The first-order chi connectivity index (χ1) is 30.7. The van der Waals surface area contributed by atoms with Crippen molar-refractivity contribution in [2.75, 3.05) is 0 Å². The highest BCUT2D eigenvalue weighted by molar-refractivity contribution is 6.13. The molecule has 290 valence electrons. The van der Waals surface area contributed by atoms with Gasteiger partial charge in [0.15, 0.2) is 17.5 Å². The van der Waals surface area contributed by atoms with Crippen LogP contribution in [0.3, 0.4) is 0 Å². The molecule has 12 rings (SSSR count). The first kappa shape index (κ1) is 35.5. The van der Waals surface area contributed by atoms with Crippen LogP contribution >= 0.6 is 0 Å². The van der Waals surface area contributed by atoms with Crippen LogP contribution in [0, 0.1) is 0 Å². The summed E-state index contributed by atoms with van der Waals surface area (Å²) >= 11 is 0. The molecule has 0 aliphatic heterocycles. The second kappa shape index (κ2) is 14.7. The van der Waals surface area contributed by atoms with Crippen molar-refractivity contribution >= 4 is 43.7 Å². The quantitative estimate of drug-likeness (QED) is 0.161. The minimum absolute atomic E-state index is 0.613. The third-order valence-corrected chi connectivity index (χ3v) is 11.8. The van der Waals surface area contributed by atoms with Gasteiger partial charge in [0.1, 0.15) is 11.2 Å². The monoisotopic (exact) mass is 792 g/mol. The fraction of sp³-hybridized carbons (Fsp3) is 0. The Kier molecular flexibility index (Phi) is 8.42. The van der Waals surface area contributed by atoms with E-state index in [2.05, 4.69) is 174 Å². The van der Waals surface area contributed by atoms with Gasteiger partial charge in [-0.3, -0.25) is 0 Å². The number of furan rings is 1. The van der Waals surface area contributed by atoms with Crippen LogP contribution in [-0.4, -0.2) is 19.5 Å². The van der Waals surface area contributed by atoms with Gasteiger partial charge >= 0.3 is 0 Å². The summed E-state index contributed by atoms with van der Waals surface area (Å²) in [4.78, 5) is 15.2. The predicted octanol–water partition coefficient (Wildman–Crippen LogP) is 14.9. The van der Waals surface area contributed by atoms with E-state index >= 15 is 0 Å². The smallest absolute Gasteiger partial charge is 0.164 e. The molecule has 5 heteroatoms. The molecule has 0 N–H and O–H groups in total. The summed E-state index contributed by atoms with van der Waals surface area (Å²) in [5.41, 5.74) is 14.6. The minimum Gasteiger partial charge on any atom is -0.455 e. The predicted molar refractivity (Wildman–Crippen MR) is 254 cm³/mol. The standard InChI is InChI=1S/C57H36N4O/c1-4-15-37(16-5-1)38-27-29-41(30-28-38)56-58-55(40-19-8-3-9-20-40)59-57(60-56)43-21-14-22-45(33-43)61-51-25-12-10-23-46(51)49-34-42(31-32-52(49)61)44-35-48(39-17-6-2-7-18-39)54-50(36-44)47-24-11-13-26-53(47)62-54/h1-36H. The molecule has 0 radical (unpaired) electrons. The second-order valence-electron chi connectivity index (χ2n) is 15.6. The van der Waals surface area contributed by atoms with Crippen LogP contribution in [0.4, 0.5) is 0 Å². The van der Waals surface area contributed by atoms with E-state index in [4.69, 9.17) is 19.4 Å². The molecule has 0 spiro atoms. The molecule has 0 amide bonds. The Morgan fingerprint density at radius 2 is 0.823 bits per heavy atom. The molecular formula is C57H36N4O. The third-order valence-electron chi connectivity index (χ3n) is 11.8. The van der Waals surface area contributed by atoms with Gasteiger partial charge in [-0.05, 0) is 76.3 Å². The van der Waals surface area contributed by atoms with Gasteiger partial charge in [0.25, 0.3) is 0 Å². The Morgan fingerprint density at radius 3 is 1.56 bits per heavy atom. The van der Waals surface area contributed by atoms with Gasteiger partial charge in [-0.1, -0.05) is 170 Å². The lowest BCUT2D eigenvalue weighted by atomic mass is 9.95. The second-order valence-corrected chi connectivity index (χ2v) is 15.6. The summed E-state index contributed by atoms with van der Waals surface area (Å²) < 4.78 is 8.86. The van der Waals surface area contributed by atoms with Gasteiger partial charge in [-0.25, -0.2) is 15.0 Å². The lowest BCUT2D eigenvalue weighted by Crippen LogP contribution is -2.01. The Balaban J connectivity index is 0.988. The average Bonchev–Trinajstić information content (AvgIpc) is 3.90. The molecule has 0 saturated heterocycles. The van der Waals surface area contributed by atoms with E-state index in [-0.39, 0.29) is 0 Å². The SMILES string of the molecule is c1ccc(-c2ccc(-c3nc(-c4ccccc4)nc(-c4cccc(-n5c6ccccc6c6cc(-c7cc(-c8ccccc8)c8oc9ccccc9c8c7)ccc65)c4)n3)cc2)cc1. The van der Waals surface area contributed by atoms with Crippen molar-refractivity contribution in [3.05, 3.63) is 218 Å². The van der Waals surface area contributed by atoms with Gasteiger partial charge in [-0.15, -0.1) is 0 Å². The molecule has 5 nitrogen and oxygen atoms in total. The van der Waals surface area contributed by atoms with Crippen molar-refractivity contribution in [1.82, 2.24) is 19.5 Å². The number of aromatic nitrogens is 4. The van der Waals surface area contributed by atoms with Crippen molar-refractivity contribution in [3.8, 4) is 73.2 Å². The largest absolute Gasteiger partial charge is 0.455 e. The van der Waals surface area contributed by atoms with Crippen molar-refractivity contribution in [3.63, 3.8) is 0 Å². The Labute approximate surface area is 357 Å². The zero-order chi connectivity index (χ0) is 41.0. The molecule has 0 unspecified atom stereocenters. The van der Waals surface area contributed by atoms with E-state index in [9.17, 15) is 0 Å². The maximum absolute atomic E-state index is 6.51. The summed E-state index contributed by atoms with van der Waals surface area (Å²) in [6.07, 6.45) is 0. The Morgan fingerprint density at radius 1 is 0.306 bits per heavy atom. The highest BCUT2D eigenvalue weighted by Gasteiger charge is 2.19. The summed E-state index contributed by atoms with van der Waals surface area (Å²) in [5, 5.41) is 4.58. The lowest BCUT2D eigenvalue weighted by molar-refractivity contribution is 0.670. The molecule has 0 aliphatic rings. The molecule has 9 aromatic carbocycles. The van der Waals surface area contributed by atoms with Crippen LogP contribution in [0.25, 0.3) is 117 Å². The van der Waals surface area contributed by atoms with E-state index < -0.39 is 0 Å². The summed E-state index contributed by atoms with van der Waals surface area (Å²) in [5.74, 6) is 1.87. The number of fused-ring (bicyclic) bond motifs is 6. The molecule has 3 aromatic heterocycles. The van der Waals surface area contributed by atoms with Crippen LogP contribution in [0.5, 0.6) is 0 Å². The van der Waals surface area contributed by atoms with Crippen molar-refractivity contribution in [2.24, 2.45) is 0 Å². The Hall–Kier alpha value is -8.41. The number of hydrogen-bond donors (Lipinski definition) is 0. The average molecular weight is 793 g/mol. The molecular weight excluding hydrogens is 757 g/mol. The van der Waals surface area contributed by atoms with Crippen LogP contribution in [0.2, 0.25) is 0 Å². The number of nitrogens with zero attached hydrogens (tertiary/aromatic N) is 4. The van der Waals surface area contributed by atoms with Crippen molar-refractivity contribution < 1.29 is 4.42 Å². The Bertz CT molecular complexity index is 3610. The normalized spacial score (nSPS) is 11.5. The van der Waals surface area contributed by atoms with E-state index in [1.165, 1.54) is 16.3 Å². The van der Waals surface area contributed by atoms with Gasteiger partial charge < -0.3 is 8.98 Å². The number of rotatable bonds is 7. The molecule has 0 saturated carbocycles. The molecule has 62 heavy (non-hydrogen) atoms. The first-order valence-electron chi connectivity index (χ1n) is 20.8. The van der Waals surface area contributed by atoms with Gasteiger partial charge in [0.05, 0.1) is 11.0 Å². The van der Waals surface area contributed by atoms with E-state index in [0.717, 1.165) is 83.2 Å². The topological polar surface area (TPSA) is 56.7 Å². The van der Waals surface area contributed by atoms with Crippen LogP contribution < -0.4 is 0 Å². The number of para-hydroxylation sites is 2. The fourth-order valence-electron chi connectivity index (χ4n) is 8.83. The van der Waals surface area contributed by atoms with Crippen molar-refractivity contribution in [1.29, 1.82) is 0 Å². The highest BCUT2D eigenvalue weighted by Crippen LogP contribution is 2.41. The maximum atomic E-state index is 6.51. The summed E-state index contributed by atoms with van der Waals surface area (Å²) in [6, 6.07) is 76.4. The minimum atomic E-state index is 0.613. The molecule has 0 atom stereocenters. The van der Waals surface area contributed by atoms with Crippen molar-refractivity contribution in [2.45, 2.75) is 0 Å². The summed E-state index contributed by atoms with van der Waals surface area (Å²) in [7, 11) is 0. The molecule has 0 aliphatic carbocycles. The van der Waals surface area contributed by atoms with Crippen LogP contribution in [0.1, 0.15) is 0 Å². The van der Waals surface area contributed by atoms with Gasteiger partial charge in [-0.2, -0.15) is 0 Å². The molecule has 12 aromatic rings. The molecule has 3 heterocycles. The number of hydrogen-bond acceptors (Lipinski definition) is 4. The van der Waals surface area contributed by atoms with E-state index in [1.54, 1.807) is 0 Å². The van der Waals surface area contributed by atoms with Gasteiger partial charge in [0, 0.05) is 49.5 Å². The van der Waals surface area contributed by atoms with Crippen LogP contribution in [0.15, 0.2) is 223 Å². The lowest BCUT2D eigenvalue weighted by Gasteiger charge is -2.12.